The number of benzene rings is 1. The Morgan fingerprint density at radius 2 is 2.00 bits per heavy atom. The molecule has 2 aromatic rings. The summed E-state index contributed by atoms with van der Waals surface area (Å²) in [5, 5.41) is 6.72. The fourth-order valence-electron chi connectivity index (χ4n) is 4.39. The molecular weight excluding hydrogens is 414 g/mol. The second-order valence-corrected chi connectivity index (χ2v) is 9.78. The van der Waals surface area contributed by atoms with E-state index < -0.39 is 10.0 Å². The number of aliphatic imine (C=N–C) groups is 1. The first-order chi connectivity index (χ1) is 15.0. The summed E-state index contributed by atoms with van der Waals surface area (Å²) < 4.78 is 33.6. The van der Waals surface area contributed by atoms with Gasteiger partial charge >= 0.3 is 0 Å². The van der Waals surface area contributed by atoms with E-state index in [0.717, 1.165) is 30.6 Å². The van der Waals surface area contributed by atoms with E-state index in [9.17, 15) is 8.42 Å². The maximum atomic E-state index is 12.3. The van der Waals surface area contributed by atoms with Crippen LogP contribution in [0.4, 0.5) is 0 Å². The Kier molecular flexibility index (Phi) is 6.43. The standard InChI is InChI=1S/C22H29N5O3S/c1-23-21(25-13-14-26-31(28,29)17-7-6-12-24-16-17)27-19-15-22(10-4-5-11-22)30-20-9-3-2-8-18(19)20/h2-3,6-9,12,16,19,26H,4-5,10-11,13-15H2,1H3,(H2,23,25,27). The SMILES string of the molecule is CN=C(NCCNS(=O)(=O)c1cccnc1)NC1CC2(CCCC2)Oc2ccccc21. The molecule has 31 heavy (non-hydrogen) atoms. The van der Waals surface area contributed by atoms with Gasteiger partial charge in [0.1, 0.15) is 16.2 Å². The molecule has 1 aromatic carbocycles. The average molecular weight is 444 g/mol. The van der Waals surface area contributed by atoms with Gasteiger partial charge in [-0.05, 0) is 43.9 Å². The van der Waals surface area contributed by atoms with Crippen molar-refractivity contribution in [3.63, 3.8) is 0 Å². The number of hydrogen-bond acceptors (Lipinski definition) is 5. The van der Waals surface area contributed by atoms with Gasteiger partial charge in [0, 0.05) is 44.5 Å². The lowest BCUT2D eigenvalue weighted by Gasteiger charge is -2.40. The van der Waals surface area contributed by atoms with Crippen molar-refractivity contribution in [1.29, 1.82) is 0 Å². The number of guanidine groups is 1. The van der Waals surface area contributed by atoms with Gasteiger partial charge in [-0.1, -0.05) is 18.2 Å². The maximum Gasteiger partial charge on any atom is 0.242 e. The molecule has 0 radical (unpaired) electrons. The monoisotopic (exact) mass is 443 g/mol. The molecule has 0 saturated heterocycles. The van der Waals surface area contributed by atoms with Crippen molar-refractivity contribution in [2.24, 2.45) is 4.99 Å². The van der Waals surface area contributed by atoms with Crippen molar-refractivity contribution in [2.45, 2.75) is 48.6 Å². The van der Waals surface area contributed by atoms with E-state index in [0.29, 0.717) is 12.5 Å². The van der Waals surface area contributed by atoms with Gasteiger partial charge < -0.3 is 15.4 Å². The van der Waals surface area contributed by atoms with Gasteiger partial charge in [-0.2, -0.15) is 0 Å². The summed E-state index contributed by atoms with van der Waals surface area (Å²) in [5.74, 6) is 1.57. The third-order valence-corrected chi connectivity index (χ3v) is 7.35. The first-order valence-electron chi connectivity index (χ1n) is 10.7. The molecule has 1 spiro atoms. The molecule has 1 aromatic heterocycles. The van der Waals surface area contributed by atoms with Crippen LogP contribution in [0.5, 0.6) is 5.75 Å². The molecule has 0 bridgehead atoms. The average Bonchev–Trinajstić information content (AvgIpc) is 3.23. The van der Waals surface area contributed by atoms with Crippen LogP contribution in [0.3, 0.4) is 0 Å². The number of pyridine rings is 1. The zero-order chi connectivity index (χ0) is 21.7. The van der Waals surface area contributed by atoms with Crippen LogP contribution in [-0.4, -0.2) is 45.1 Å². The highest BCUT2D eigenvalue weighted by Crippen LogP contribution is 2.46. The number of aromatic nitrogens is 1. The number of para-hydroxylation sites is 1. The fraction of sp³-hybridized carbons (Fsp3) is 0.455. The molecule has 2 aliphatic rings. The molecular formula is C22H29N5O3S. The summed E-state index contributed by atoms with van der Waals surface area (Å²) in [6, 6.07) is 11.3. The molecule has 0 amide bonds. The normalized spacial score (nSPS) is 20.2. The number of hydrogen-bond donors (Lipinski definition) is 3. The molecule has 2 heterocycles. The van der Waals surface area contributed by atoms with Crippen LogP contribution < -0.4 is 20.1 Å². The number of sulfonamides is 1. The predicted molar refractivity (Wildman–Crippen MR) is 120 cm³/mol. The smallest absolute Gasteiger partial charge is 0.242 e. The zero-order valence-corrected chi connectivity index (χ0v) is 18.5. The molecule has 1 atom stereocenters. The Balaban J connectivity index is 1.36. The predicted octanol–water partition coefficient (Wildman–Crippen LogP) is 2.36. The van der Waals surface area contributed by atoms with E-state index in [4.69, 9.17) is 4.74 Å². The van der Waals surface area contributed by atoms with Gasteiger partial charge in [0.05, 0.1) is 6.04 Å². The van der Waals surface area contributed by atoms with Crippen molar-refractivity contribution < 1.29 is 13.2 Å². The van der Waals surface area contributed by atoms with Crippen molar-refractivity contribution in [3.8, 4) is 5.75 Å². The van der Waals surface area contributed by atoms with Gasteiger partial charge in [0.25, 0.3) is 0 Å². The second-order valence-electron chi connectivity index (χ2n) is 8.02. The van der Waals surface area contributed by atoms with Crippen LogP contribution in [-0.2, 0) is 10.0 Å². The van der Waals surface area contributed by atoms with Crippen molar-refractivity contribution >= 4 is 16.0 Å². The largest absolute Gasteiger partial charge is 0.487 e. The minimum atomic E-state index is -3.58. The van der Waals surface area contributed by atoms with Gasteiger partial charge in [-0.3, -0.25) is 9.98 Å². The van der Waals surface area contributed by atoms with Gasteiger partial charge in [-0.15, -0.1) is 0 Å². The highest BCUT2D eigenvalue weighted by molar-refractivity contribution is 7.89. The molecule has 9 heteroatoms. The van der Waals surface area contributed by atoms with E-state index in [-0.39, 0.29) is 23.1 Å². The number of rotatable bonds is 6. The summed E-state index contributed by atoms with van der Waals surface area (Å²) in [6.45, 7) is 0.626. The van der Waals surface area contributed by atoms with Crippen LogP contribution >= 0.6 is 0 Å². The van der Waals surface area contributed by atoms with E-state index in [1.54, 1.807) is 19.3 Å². The maximum absolute atomic E-state index is 12.3. The van der Waals surface area contributed by atoms with Crippen LogP contribution in [0.2, 0.25) is 0 Å². The third kappa shape index (κ3) is 4.99. The molecule has 1 aliphatic heterocycles. The number of ether oxygens (including phenoxy) is 1. The number of nitrogens with zero attached hydrogens (tertiary/aromatic N) is 2. The van der Waals surface area contributed by atoms with E-state index in [2.05, 4.69) is 31.4 Å². The van der Waals surface area contributed by atoms with Crippen LogP contribution in [0, 0.1) is 0 Å². The highest BCUT2D eigenvalue weighted by atomic mass is 32.2. The number of nitrogens with one attached hydrogen (secondary N) is 3. The van der Waals surface area contributed by atoms with Crippen LogP contribution in [0.25, 0.3) is 0 Å². The summed E-state index contributed by atoms with van der Waals surface area (Å²) in [4.78, 5) is 8.34. The molecule has 4 rings (SSSR count). The lowest BCUT2D eigenvalue weighted by molar-refractivity contribution is 0.0396. The fourth-order valence-corrected chi connectivity index (χ4v) is 5.38. The first-order valence-corrected chi connectivity index (χ1v) is 12.1. The Morgan fingerprint density at radius 3 is 2.74 bits per heavy atom. The molecule has 1 aliphatic carbocycles. The van der Waals surface area contributed by atoms with Gasteiger partial charge in [-0.25, -0.2) is 13.1 Å². The summed E-state index contributed by atoms with van der Waals surface area (Å²) in [7, 11) is -1.86. The Hall–Kier alpha value is -2.65. The van der Waals surface area contributed by atoms with Gasteiger partial charge in [0.15, 0.2) is 5.96 Å². The van der Waals surface area contributed by atoms with Crippen LogP contribution in [0.1, 0.15) is 43.7 Å². The highest BCUT2D eigenvalue weighted by Gasteiger charge is 2.43. The summed E-state index contributed by atoms with van der Waals surface area (Å²) in [5.41, 5.74) is 1.02. The van der Waals surface area contributed by atoms with Crippen LogP contribution in [0.15, 0.2) is 58.7 Å². The van der Waals surface area contributed by atoms with Gasteiger partial charge in [0.2, 0.25) is 10.0 Å². The molecule has 3 N–H and O–H groups in total. The van der Waals surface area contributed by atoms with Crippen molar-refractivity contribution in [3.05, 3.63) is 54.4 Å². The Bertz CT molecular complexity index is 1020. The zero-order valence-electron chi connectivity index (χ0n) is 17.7. The topological polar surface area (TPSA) is 105 Å². The molecule has 8 nitrogen and oxygen atoms in total. The summed E-state index contributed by atoms with van der Waals surface area (Å²) in [6.07, 6.45) is 8.29. The molecule has 1 unspecified atom stereocenters. The van der Waals surface area contributed by atoms with E-state index in [1.807, 2.05) is 18.2 Å². The Morgan fingerprint density at radius 1 is 1.19 bits per heavy atom. The quantitative estimate of drug-likeness (QED) is 0.360. The minimum absolute atomic E-state index is 0.0846. The van der Waals surface area contributed by atoms with E-state index >= 15 is 0 Å². The van der Waals surface area contributed by atoms with E-state index in [1.165, 1.54) is 25.1 Å². The molecule has 1 fully saturated rings. The lowest BCUT2D eigenvalue weighted by Crippen LogP contribution is -2.47. The minimum Gasteiger partial charge on any atom is -0.487 e. The summed E-state index contributed by atoms with van der Waals surface area (Å²) >= 11 is 0. The molecule has 1 saturated carbocycles. The molecule has 166 valence electrons. The first kappa shape index (κ1) is 21.6. The van der Waals surface area contributed by atoms with Crippen molar-refractivity contribution in [1.82, 2.24) is 20.3 Å². The lowest BCUT2D eigenvalue weighted by atomic mass is 9.86. The third-order valence-electron chi connectivity index (χ3n) is 5.90. The second kappa shape index (κ2) is 9.23. The van der Waals surface area contributed by atoms with Crippen molar-refractivity contribution in [2.75, 3.05) is 20.1 Å². The Labute approximate surface area is 183 Å². The number of fused-ring (bicyclic) bond motifs is 1.